The van der Waals surface area contributed by atoms with Gasteiger partial charge in [-0.15, -0.1) is 0 Å². The third-order valence-electron chi connectivity index (χ3n) is 28.1. The van der Waals surface area contributed by atoms with Crippen molar-refractivity contribution in [3.8, 4) is 0 Å². The van der Waals surface area contributed by atoms with Gasteiger partial charge in [0.25, 0.3) is 0 Å². The van der Waals surface area contributed by atoms with Crippen LogP contribution in [-0.2, 0) is 29.1 Å². The summed E-state index contributed by atoms with van der Waals surface area (Å²) in [6, 6.07) is 36.7. The first-order valence-corrected chi connectivity index (χ1v) is 30.0. The molecule has 27 aromatic carbocycles. The minimum Gasteiger partial charge on any atom is -0.0622 e. The summed E-state index contributed by atoms with van der Waals surface area (Å²) in [4.78, 5) is 0. The summed E-state index contributed by atoms with van der Waals surface area (Å²) in [5, 5.41) is 76.6. The third kappa shape index (κ3) is 1.86. The van der Waals surface area contributed by atoms with Crippen LogP contribution in [0.5, 0.6) is 0 Å². The van der Waals surface area contributed by atoms with Crippen molar-refractivity contribution in [2.24, 2.45) is 0 Å². The van der Waals surface area contributed by atoms with Crippen LogP contribution >= 0.6 is 0 Å². The summed E-state index contributed by atoms with van der Waals surface area (Å²) in [6.45, 7) is 0. The Morgan fingerprint density at radius 2 is 0.562 bits per heavy atom. The maximum absolute atomic E-state index is 2.64. The predicted octanol–water partition coefficient (Wildman–Crippen LogP) is 20.1. The van der Waals surface area contributed by atoms with E-state index in [0.717, 1.165) is 12.8 Å². The third-order valence-corrected chi connectivity index (χ3v) is 28.1. The Hall–Kier alpha value is -9.62. The average Bonchev–Trinajstić information content (AvgIpc) is 1.79. The monoisotopic (exact) mass is 980 g/mol. The smallest absolute Gasteiger partial charge is 0.0622 e. The molecule has 0 bridgehead atoms. The van der Waals surface area contributed by atoms with Crippen LogP contribution in [0.2, 0.25) is 0 Å². The van der Waals surface area contributed by atoms with Gasteiger partial charge in [0.1, 0.15) is 0 Å². The van der Waals surface area contributed by atoms with E-state index in [2.05, 4.69) is 91.0 Å². The minimum absolute atomic E-state index is 0.190. The fraction of sp³-hybridized carbons (Fsp3) is 0.0750. The fourth-order valence-corrected chi connectivity index (χ4v) is 27.8. The van der Waals surface area contributed by atoms with Crippen molar-refractivity contribution in [2.45, 2.75) is 35.0 Å². The van der Waals surface area contributed by atoms with E-state index in [9.17, 15) is 0 Å². The Morgan fingerprint density at radius 1 is 0.250 bits per heavy atom. The van der Waals surface area contributed by atoms with Crippen molar-refractivity contribution < 1.29 is 0 Å². The summed E-state index contributed by atoms with van der Waals surface area (Å²) in [7, 11) is 0. The van der Waals surface area contributed by atoms with Crippen LogP contribution in [0.4, 0.5) is 0 Å². The van der Waals surface area contributed by atoms with Crippen molar-refractivity contribution in [3.63, 3.8) is 0 Å². The lowest BCUT2D eigenvalue weighted by molar-refractivity contribution is 0.381. The normalized spacial score (nSPS) is 24.1. The molecule has 0 spiro atoms. The zero-order valence-electron chi connectivity index (χ0n) is 41.7. The highest BCUT2D eigenvalue weighted by Crippen LogP contribution is 2.89. The van der Waals surface area contributed by atoms with Crippen LogP contribution in [0, 0.1) is 0 Å². The molecule has 80 heavy (non-hydrogen) atoms. The second kappa shape index (κ2) is 7.69. The molecular formula is C80H20. The molecule has 0 amide bonds. The van der Waals surface area contributed by atoms with E-state index in [1.165, 1.54) is 16.7 Å². The Labute approximate surface area is 443 Å². The number of rotatable bonds is 5. The van der Waals surface area contributed by atoms with E-state index in [4.69, 9.17) is 0 Å². The molecule has 27 aromatic rings. The molecule has 0 fully saturated rings. The first-order chi connectivity index (χ1) is 39.9. The van der Waals surface area contributed by atoms with Gasteiger partial charge >= 0.3 is 0 Å². The van der Waals surface area contributed by atoms with Crippen molar-refractivity contribution >= 4 is 253 Å². The standard InChI is InChI=1S/C80H20/c1-4-10-18(11-5-1)16-78-69-59-49-43-29-27-22-21-23-25-26-24(21)32-34-28(22)30(29)44-46-45(43)57(59)66-68-58(46)60-50(44)48(34)52-38(32)42-36(26)41-40-35(25)39-37-31(23)33(27)47(49)51(37)61(69)63-53(39)54(40)64-65-55(41)56(42)67-62(52)70(60)80(20-14-8-3-9-15-20)75(67)73(65)79(72(64)71(63)78,77(74(66)78)76(68)80)17-19-12-6-2-7-13-19/h1-15,74H,16-17H2/t74?,78-,79+,80-/m1/s1. The van der Waals surface area contributed by atoms with Gasteiger partial charge in [-0.3, -0.25) is 0 Å². The van der Waals surface area contributed by atoms with Crippen molar-refractivity contribution in [3.05, 3.63) is 158 Å². The van der Waals surface area contributed by atoms with Gasteiger partial charge in [0.15, 0.2) is 0 Å². The number of hydrogen-bond donors (Lipinski definition) is 0. The Morgan fingerprint density at radius 3 is 1.02 bits per heavy atom. The SMILES string of the molecule is c1ccc(C[C@]23C4=C5c6c7c8c9c%10c%11c%12c(c2c2c%13c3c3c%14c%15c(c%16c6c6c8c8c9c9c%11c%11c%17c%12c2c2c%12c%13c%14c%13c%14c%15c%15c%16c6c6c8c8c9c%11c9c(c2%17)c(c%12%13)c2c%14c%15c6c8c29)[C@@]53c2ccccc2)[C@]%10(Cc2ccccc2)C47)cc1. The van der Waals surface area contributed by atoms with Gasteiger partial charge in [0, 0.05) is 16.7 Å². The zero-order chi connectivity index (χ0) is 48.2. The first-order valence-electron chi connectivity index (χ1n) is 30.0. The zero-order valence-corrected chi connectivity index (χ0v) is 41.7. The molecule has 0 N–H and O–H groups in total. The highest BCUT2D eigenvalue weighted by atomic mass is 14.8. The van der Waals surface area contributed by atoms with E-state index in [-0.39, 0.29) is 16.7 Å². The lowest BCUT2D eigenvalue weighted by Gasteiger charge is -2.57. The van der Waals surface area contributed by atoms with Gasteiger partial charge in [-0.2, -0.15) is 0 Å². The molecule has 0 nitrogen and oxygen atoms in total. The van der Waals surface area contributed by atoms with Crippen LogP contribution in [-0.4, -0.2) is 0 Å². The highest BCUT2D eigenvalue weighted by molar-refractivity contribution is 6.79. The van der Waals surface area contributed by atoms with Gasteiger partial charge in [0.05, 0.1) is 5.41 Å². The molecule has 0 aromatic heterocycles. The molecule has 340 valence electrons. The summed E-state index contributed by atoms with van der Waals surface area (Å²) in [6.07, 6.45) is 2.02. The quantitative estimate of drug-likeness (QED) is 0.151. The van der Waals surface area contributed by atoms with Gasteiger partial charge in [-0.05, 0) is 333 Å². The highest BCUT2D eigenvalue weighted by Gasteiger charge is 2.75. The summed E-state index contributed by atoms with van der Waals surface area (Å²) >= 11 is 0. The number of allylic oxidation sites excluding steroid dienone is 2. The molecule has 0 saturated heterocycles. The lowest BCUT2D eigenvalue weighted by Crippen LogP contribution is -2.52. The molecule has 8 aliphatic carbocycles. The average molecular weight is 981 g/mol. The molecule has 4 atom stereocenters. The molecule has 35 rings (SSSR count). The maximum Gasteiger partial charge on any atom is 0.0729 e. The van der Waals surface area contributed by atoms with Crippen molar-refractivity contribution in [1.29, 1.82) is 0 Å². The predicted molar refractivity (Wildman–Crippen MR) is 333 cm³/mol. The van der Waals surface area contributed by atoms with Gasteiger partial charge in [-0.1, -0.05) is 91.0 Å². The van der Waals surface area contributed by atoms with E-state index < -0.39 is 5.41 Å². The molecule has 1 unspecified atom stereocenters. The van der Waals surface area contributed by atoms with Gasteiger partial charge < -0.3 is 0 Å². The van der Waals surface area contributed by atoms with Crippen LogP contribution < -0.4 is 0 Å². The second-order valence-electron chi connectivity index (χ2n) is 28.8. The first kappa shape index (κ1) is 31.7. The summed E-state index contributed by atoms with van der Waals surface area (Å²) < 4.78 is 0. The summed E-state index contributed by atoms with van der Waals surface area (Å²) in [5.41, 5.74) is 20.9. The van der Waals surface area contributed by atoms with Crippen LogP contribution in [0.1, 0.15) is 67.1 Å². The minimum atomic E-state index is -0.469. The molecule has 0 heterocycles. The van der Waals surface area contributed by atoms with E-state index in [1.54, 1.807) is 298 Å². The number of hydrogen-bond acceptors (Lipinski definition) is 0. The van der Waals surface area contributed by atoms with E-state index in [0.29, 0.717) is 0 Å². The van der Waals surface area contributed by atoms with Crippen LogP contribution in [0.15, 0.2) is 96.6 Å². The molecule has 0 radical (unpaired) electrons. The Kier molecular flexibility index (Phi) is 3.05. The number of benzene rings is 19. The van der Waals surface area contributed by atoms with Crippen LogP contribution in [0.25, 0.3) is 253 Å². The Bertz CT molecular complexity index is 7930. The molecule has 0 saturated carbocycles. The summed E-state index contributed by atoms with van der Waals surface area (Å²) in [5.74, 6) is 0.190. The second-order valence-corrected chi connectivity index (χ2v) is 28.8. The fourth-order valence-electron chi connectivity index (χ4n) is 27.8. The van der Waals surface area contributed by atoms with Crippen LogP contribution in [0.3, 0.4) is 0 Å². The molecule has 8 aliphatic rings. The Balaban J connectivity index is 1.09. The van der Waals surface area contributed by atoms with Crippen molar-refractivity contribution in [1.82, 2.24) is 0 Å². The topological polar surface area (TPSA) is 0 Å². The van der Waals surface area contributed by atoms with Gasteiger partial charge in [-0.25, -0.2) is 0 Å². The largest absolute Gasteiger partial charge is 0.0729 e. The van der Waals surface area contributed by atoms with E-state index in [1.807, 2.05) is 5.57 Å². The molecular weight excluding hydrogens is 961 g/mol. The maximum atomic E-state index is 2.64. The van der Waals surface area contributed by atoms with E-state index >= 15 is 0 Å². The van der Waals surface area contributed by atoms with Gasteiger partial charge in [0.2, 0.25) is 0 Å². The lowest BCUT2D eigenvalue weighted by atomic mass is 9.44. The molecule has 0 aliphatic heterocycles. The van der Waals surface area contributed by atoms with Crippen molar-refractivity contribution in [2.75, 3.05) is 0 Å². The molecule has 0 heteroatoms.